The standard InChI is InChI=1S/C35H28BrCl/c1-34(2,3)25-16-14-23(15-17-25)24-20-30-29-19-18-28(37)22-31(29)35(33(30)32(36)21-24,26-10-6-4-7-11-26)27-12-8-5-9-13-27/h4-22H,1-3H3. The van der Waals surface area contributed by atoms with Crippen molar-refractivity contribution >= 4 is 27.5 Å². The molecule has 0 unspecified atom stereocenters. The molecule has 0 bridgehead atoms. The molecule has 0 fully saturated rings. The summed E-state index contributed by atoms with van der Waals surface area (Å²) in [5, 5.41) is 0.747. The van der Waals surface area contributed by atoms with Gasteiger partial charge in [-0.25, -0.2) is 0 Å². The molecule has 0 heterocycles. The predicted octanol–water partition coefficient (Wildman–Crippen LogP) is 10.4. The van der Waals surface area contributed by atoms with E-state index in [9.17, 15) is 0 Å². The van der Waals surface area contributed by atoms with E-state index < -0.39 is 5.41 Å². The largest absolute Gasteiger partial charge is 0.0843 e. The third-order valence-corrected chi connectivity index (χ3v) is 8.50. The van der Waals surface area contributed by atoms with E-state index in [2.05, 4.69) is 146 Å². The quantitative estimate of drug-likeness (QED) is 0.201. The summed E-state index contributed by atoms with van der Waals surface area (Å²) in [7, 11) is 0. The van der Waals surface area contributed by atoms with Gasteiger partial charge in [0.1, 0.15) is 0 Å². The summed E-state index contributed by atoms with van der Waals surface area (Å²) in [4.78, 5) is 0. The zero-order valence-electron chi connectivity index (χ0n) is 21.2. The van der Waals surface area contributed by atoms with Crippen molar-refractivity contribution in [3.63, 3.8) is 0 Å². The summed E-state index contributed by atoms with van der Waals surface area (Å²) in [5.74, 6) is 0. The first kappa shape index (κ1) is 24.2. The summed E-state index contributed by atoms with van der Waals surface area (Å²) in [6.45, 7) is 6.76. The maximum absolute atomic E-state index is 6.68. The van der Waals surface area contributed by atoms with Gasteiger partial charge in [-0.3, -0.25) is 0 Å². The summed E-state index contributed by atoms with van der Waals surface area (Å²) in [5.41, 5.74) is 10.8. The summed E-state index contributed by atoms with van der Waals surface area (Å²) >= 11 is 10.7. The summed E-state index contributed by atoms with van der Waals surface area (Å²) in [6, 6.07) is 41.6. The van der Waals surface area contributed by atoms with Gasteiger partial charge in [0.2, 0.25) is 0 Å². The molecule has 2 heteroatoms. The van der Waals surface area contributed by atoms with Crippen molar-refractivity contribution in [1.82, 2.24) is 0 Å². The van der Waals surface area contributed by atoms with Crippen molar-refractivity contribution in [2.75, 3.05) is 0 Å². The highest BCUT2D eigenvalue weighted by Gasteiger charge is 2.47. The van der Waals surface area contributed by atoms with Gasteiger partial charge >= 0.3 is 0 Å². The fourth-order valence-electron chi connectivity index (χ4n) is 5.87. The van der Waals surface area contributed by atoms with Crippen LogP contribution in [-0.2, 0) is 10.8 Å². The van der Waals surface area contributed by atoms with Gasteiger partial charge in [0.05, 0.1) is 5.41 Å². The lowest BCUT2D eigenvalue weighted by atomic mass is 9.67. The van der Waals surface area contributed by atoms with E-state index in [1.54, 1.807) is 0 Å². The molecule has 0 saturated carbocycles. The van der Waals surface area contributed by atoms with Gasteiger partial charge in [0, 0.05) is 9.50 Å². The highest BCUT2D eigenvalue weighted by molar-refractivity contribution is 9.10. The Morgan fingerprint density at radius 1 is 0.622 bits per heavy atom. The molecule has 6 rings (SSSR count). The SMILES string of the molecule is CC(C)(C)c1ccc(-c2cc(Br)c3c(c2)-c2ccc(Cl)cc2C3(c2ccccc2)c2ccccc2)cc1. The van der Waals surface area contributed by atoms with E-state index in [1.165, 1.54) is 50.1 Å². The molecule has 0 spiro atoms. The first-order valence-electron chi connectivity index (χ1n) is 12.7. The number of hydrogen-bond acceptors (Lipinski definition) is 0. The van der Waals surface area contributed by atoms with Crippen molar-refractivity contribution in [1.29, 1.82) is 0 Å². The molecule has 0 amide bonds. The van der Waals surface area contributed by atoms with Crippen LogP contribution in [0.25, 0.3) is 22.3 Å². The van der Waals surface area contributed by atoms with E-state index >= 15 is 0 Å². The van der Waals surface area contributed by atoms with Crippen molar-refractivity contribution in [3.05, 3.63) is 153 Å². The molecule has 37 heavy (non-hydrogen) atoms. The van der Waals surface area contributed by atoms with Gasteiger partial charge < -0.3 is 0 Å². The third kappa shape index (κ3) is 3.88. The summed E-state index contributed by atoms with van der Waals surface area (Å²) < 4.78 is 1.10. The van der Waals surface area contributed by atoms with Gasteiger partial charge in [-0.2, -0.15) is 0 Å². The number of fused-ring (bicyclic) bond motifs is 3. The Bertz CT molecular complexity index is 1550. The maximum Gasteiger partial charge on any atom is 0.0725 e. The molecule has 0 nitrogen and oxygen atoms in total. The van der Waals surface area contributed by atoms with E-state index in [0.717, 1.165) is 9.50 Å². The van der Waals surface area contributed by atoms with Crippen LogP contribution >= 0.6 is 27.5 Å². The minimum Gasteiger partial charge on any atom is -0.0843 e. The van der Waals surface area contributed by atoms with Gasteiger partial charge in [-0.15, -0.1) is 0 Å². The highest BCUT2D eigenvalue weighted by atomic mass is 79.9. The van der Waals surface area contributed by atoms with E-state index in [4.69, 9.17) is 11.6 Å². The molecule has 1 aliphatic carbocycles. The van der Waals surface area contributed by atoms with Crippen LogP contribution in [0.4, 0.5) is 0 Å². The molecule has 0 radical (unpaired) electrons. The second-order valence-corrected chi connectivity index (χ2v) is 12.2. The zero-order chi connectivity index (χ0) is 25.8. The molecule has 0 aromatic heterocycles. The van der Waals surface area contributed by atoms with Crippen molar-refractivity contribution in [2.24, 2.45) is 0 Å². The van der Waals surface area contributed by atoms with Gasteiger partial charge in [-0.05, 0) is 79.8 Å². The smallest absolute Gasteiger partial charge is 0.0725 e. The third-order valence-electron chi connectivity index (χ3n) is 7.64. The number of hydrogen-bond donors (Lipinski definition) is 0. The Kier molecular flexibility index (Phi) is 5.90. The normalized spacial score (nSPS) is 13.8. The van der Waals surface area contributed by atoms with Crippen LogP contribution in [0.1, 0.15) is 48.6 Å². The van der Waals surface area contributed by atoms with Crippen molar-refractivity contribution < 1.29 is 0 Å². The minimum atomic E-state index is -0.481. The van der Waals surface area contributed by atoms with Gasteiger partial charge in [0.25, 0.3) is 0 Å². The molecular formula is C35H28BrCl. The average molecular weight is 564 g/mol. The first-order valence-corrected chi connectivity index (χ1v) is 13.8. The van der Waals surface area contributed by atoms with E-state index in [0.29, 0.717) is 0 Å². The molecule has 5 aromatic rings. The topological polar surface area (TPSA) is 0 Å². The monoisotopic (exact) mass is 562 g/mol. The molecule has 5 aromatic carbocycles. The maximum atomic E-state index is 6.68. The molecule has 0 aliphatic heterocycles. The second-order valence-electron chi connectivity index (χ2n) is 10.9. The van der Waals surface area contributed by atoms with E-state index in [-0.39, 0.29) is 5.41 Å². The fraction of sp³-hybridized carbons (Fsp3) is 0.143. The predicted molar refractivity (Wildman–Crippen MR) is 161 cm³/mol. The zero-order valence-corrected chi connectivity index (χ0v) is 23.6. The highest BCUT2D eigenvalue weighted by Crippen LogP contribution is 2.59. The Labute approximate surface area is 233 Å². The van der Waals surface area contributed by atoms with Crippen LogP contribution in [0.15, 0.2) is 120 Å². The van der Waals surface area contributed by atoms with Crippen LogP contribution in [0.2, 0.25) is 5.02 Å². The Morgan fingerprint density at radius 3 is 1.78 bits per heavy atom. The van der Waals surface area contributed by atoms with Crippen LogP contribution in [0.5, 0.6) is 0 Å². The lowest BCUT2D eigenvalue weighted by Crippen LogP contribution is -2.29. The average Bonchev–Trinajstić information content (AvgIpc) is 3.20. The van der Waals surface area contributed by atoms with Crippen LogP contribution in [-0.4, -0.2) is 0 Å². The van der Waals surface area contributed by atoms with Crippen LogP contribution in [0, 0.1) is 0 Å². The first-order chi connectivity index (χ1) is 17.8. The Morgan fingerprint density at radius 2 is 1.22 bits per heavy atom. The van der Waals surface area contributed by atoms with Gasteiger partial charge in [0.15, 0.2) is 0 Å². The Balaban J connectivity index is 1.67. The van der Waals surface area contributed by atoms with Crippen molar-refractivity contribution in [2.45, 2.75) is 31.6 Å². The van der Waals surface area contributed by atoms with Crippen LogP contribution < -0.4 is 0 Å². The van der Waals surface area contributed by atoms with E-state index in [1.807, 2.05) is 6.07 Å². The minimum absolute atomic E-state index is 0.125. The molecule has 0 atom stereocenters. The molecule has 1 aliphatic rings. The molecule has 0 N–H and O–H groups in total. The lowest BCUT2D eigenvalue weighted by molar-refractivity contribution is 0.590. The number of halogens is 2. The lowest BCUT2D eigenvalue weighted by Gasteiger charge is -2.34. The molecule has 0 saturated heterocycles. The molecule has 182 valence electrons. The van der Waals surface area contributed by atoms with Crippen LogP contribution in [0.3, 0.4) is 0 Å². The molecular weight excluding hydrogens is 536 g/mol. The van der Waals surface area contributed by atoms with Gasteiger partial charge in [-0.1, -0.05) is 139 Å². The second kappa shape index (κ2) is 9.01. The number of rotatable bonds is 3. The Hall–Kier alpha value is -3.13. The fourth-order valence-corrected chi connectivity index (χ4v) is 6.80. The van der Waals surface area contributed by atoms with Crippen molar-refractivity contribution in [3.8, 4) is 22.3 Å². The number of benzene rings is 5. The summed E-state index contributed by atoms with van der Waals surface area (Å²) in [6.07, 6.45) is 0.